The lowest BCUT2D eigenvalue weighted by atomic mass is 10.3. The van der Waals surface area contributed by atoms with E-state index >= 15 is 0 Å². The van der Waals surface area contributed by atoms with Gasteiger partial charge in [-0.2, -0.15) is 0 Å². The number of methoxy groups -OCH3 is 1. The summed E-state index contributed by atoms with van der Waals surface area (Å²) >= 11 is 0. The number of pyridine rings is 1. The SMILES string of the molecule is COc1cccc2c1[nH]c(=O)n2-c1cccnc1. The molecule has 1 aromatic carbocycles. The Morgan fingerprint density at radius 1 is 1.28 bits per heavy atom. The number of aromatic amines is 1. The summed E-state index contributed by atoms with van der Waals surface area (Å²) in [6, 6.07) is 9.15. The van der Waals surface area contributed by atoms with Crippen LogP contribution in [0.3, 0.4) is 0 Å². The summed E-state index contributed by atoms with van der Waals surface area (Å²) in [4.78, 5) is 18.9. The first kappa shape index (κ1) is 10.6. The molecule has 0 bridgehead atoms. The second kappa shape index (κ2) is 4.03. The predicted molar refractivity (Wildman–Crippen MR) is 68.2 cm³/mol. The minimum atomic E-state index is -0.206. The molecule has 0 saturated heterocycles. The molecule has 5 nitrogen and oxygen atoms in total. The van der Waals surface area contributed by atoms with E-state index < -0.39 is 0 Å². The minimum absolute atomic E-state index is 0.206. The van der Waals surface area contributed by atoms with Crippen LogP contribution in [0.25, 0.3) is 16.7 Å². The highest BCUT2D eigenvalue weighted by Gasteiger charge is 2.11. The first-order valence-electron chi connectivity index (χ1n) is 5.49. The molecule has 3 rings (SSSR count). The van der Waals surface area contributed by atoms with Crippen LogP contribution in [0.15, 0.2) is 47.5 Å². The lowest BCUT2D eigenvalue weighted by Crippen LogP contribution is -2.14. The van der Waals surface area contributed by atoms with Gasteiger partial charge in [-0.15, -0.1) is 0 Å². The fourth-order valence-corrected chi connectivity index (χ4v) is 2.02. The number of aromatic nitrogens is 3. The van der Waals surface area contributed by atoms with E-state index in [0.29, 0.717) is 11.3 Å². The van der Waals surface area contributed by atoms with Crippen LogP contribution in [0.2, 0.25) is 0 Å². The van der Waals surface area contributed by atoms with Gasteiger partial charge in [0.05, 0.1) is 24.5 Å². The van der Waals surface area contributed by atoms with E-state index in [4.69, 9.17) is 4.74 Å². The molecule has 1 N–H and O–H groups in total. The van der Waals surface area contributed by atoms with Crippen molar-refractivity contribution in [2.75, 3.05) is 7.11 Å². The van der Waals surface area contributed by atoms with E-state index in [1.165, 1.54) is 0 Å². The van der Waals surface area contributed by atoms with Gasteiger partial charge < -0.3 is 9.72 Å². The van der Waals surface area contributed by atoms with Crippen LogP contribution in [0.5, 0.6) is 5.75 Å². The van der Waals surface area contributed by atoms with Gasteiger partial charge in [-0.05, 0) is 24.3 Å². The van der Waals surface area contributed by atoms with Crippen molar-refractivity contribution in [1.29, 1.82) is 0 Å². The third-order valence-corrected chi connectivity index (χ3v) is 2.80. The Labute approximate surface area is 103 Å². The zero-order valence-corrected chi connectivity index (χ0v) is 9.75. The first-order valence-corrected chi connectivity index (χ1v) is 5.49. The molecule has 90 valence electrons. The van der Waals surface area contributed by atoms with Crippen LogP contribution in [-0.2, 0) is 0 Å². The molecular weight excluding hydrogens is 230 g/mol. The van der Waals surface area contributed by atoms with Crippen LogP contribution in [0.1, 0.15) is 0 Å². The highest BCUT2D eigenvalue weighted by Crippen LogP contribution is 2.23. The number of nitrogens with zero attached hydrogens (tertiary/aromatic N) is 2. The first-order chi connectivity index (χ1) is 8.81. The summed E-state index contributed by atoms with van der Waals surface area (Å²) in [7, 11) is 1.58. The number of nitrogens with one attached hydrogen (secondary N) is 1. The van der Waals surface area contributed by atoms with Gasteiger partial charge in [0.1, 0.15) is 11.3 Å². The van der Waals surface area contributed by atoms with Crippen molar-refractivity contribution in [2.45, 2.75) is 0 Å². The third-order valence-electron chi connectivity index (χ3n) is 2.80. The molecule has 18 heavy (non-hydrogen) atoms. The summed E-state index contributed by atoms with van der Waals surface area (Å²) in [6.45, 7) is 0. The molecule has 0 saturated carbocycles. The molecule has 3 aromatic rings. The lowest BCUT2D eigenvalue weighted by molar-refractivity contribution is 0.419. The number of hydrogen-bond acceptors (Lipinski definition) is 3. The van der Waals surface area contributed by atoms with Gasteiger partial charge >= 0.3 is 5.69 Å². The van der Waals surface area contributed by atoms with Gasteiger partial charge in [-0.1, -0.05) is 6.07 Å². The maximum Gasteiger partial charge on any atom is 0.331 e. The lowest BCUT2D eigenvalue weighted by Gasteiger charge is -2.03. The van der Waals surface area contributed by atoms with Crippen molar-refractivity contribution in [3.63, 3.8) is 0 Å². The number of H-pyrrole nitrogens is 1. The summed E-state index contributed by atoms with van der Waals surface area (Å²) in [5.74, 6) is 0.646. The summed E-state index contributed by atoms with van der Waals surface area (Å²) < 4.78 is 6.81. The quantitative estimate of drug-likeness (QED) is 0.743. The van der Waals surface area contributed by atoms with Crippen molar-refractivity contribution in [3.05, 3.63) is 53.2 Å². The molecule has 2 aromatic heterocycles. The second-order valence-electron chi connectivity index (χ2n) is 3.83. The van der Waals surface area contributed by atoms with Gasteiger partial charge in [0, 0.05) is 6.20 Å². The topological polar surface area (TPSA) is 59.9 Å². The number of benzene rings is 1. The average Bonchev–Trinajstić information content (AvgIpc) is 2.75. The number of ether oxygens (including phenoxy) is 1. The van der Waals surface area contributed by atoms with Crippen LogP contribution < -0.4 is 10.4 Å². The molecule has 0 spiro atoms. The van der Waals surface area contributed by atoms with E-state index in [2.05, 4.69) is 9.97 Å². The van der Waals surface area contributed by atoms with E-state index in [9.17, 15) is 4.79 Å². The highest BCUT2D eigenvalue weighted by molar-refractivity contribution is 5.83. The van der Waals surface area contributed by atoms with Gasteiger partial charge in [0.15, 0.2) is 0 Å². The fraction of sp³-hybridized carbons (Fsp3) is 0.0769. The van der Waals surface area contributed by atoms with E-state index in [0.717, 1.165) is 11.2 Å². The number of hydrogen-bond donors (Lipinski definition) is 1. The predicted octanol–water partition coefficient (Wildman–Crippen LogP) is 1.72. The third kappa shape index (κ3) is 1.48. The summed E-state index contributed by atoms with van der Waals surface area (Å²) in [6.07, 6.45) is 3.32. The van der Waals surface area contributed by atoms with E-state index in [-0.39, 0.29) is 5.69 Å². The van der Waals surface area contributed by atoms with E-state index in [1.54, 1.807) is 30.1 Å². The molecule has 2 heterocycles. The molecule has 0 unspecified atom stereocenters. The molecule has 5 heteroatoms. The maximum atomic E-state index is 12.0. The Bertz CT molecular complexity index is 744. The zero-order chi connectivity index (χ0) is 12.5. The largest absolute Gasteiger partial charge is 0.494 e. The molecule has 0 radical (unpaired) electrons. The van der Waals surface area contributed by atoms with Gasteiger partial charge in [0.25, 0.3) is 0 Å². The molecule has 0 aliphatic rings. The Balaban J connectivity index is 2.37. The fourth-order valence-electron chi connectivity index (χ4n) is 2.02. The van der Waals surface area contributed by atoms with Crippen LogP contribution in [0, 0.1) is 0 Å². The Kier molecular flexibility index (Phi) is 2.37. The molecule has 0 amide bonds. The van der Waals surface area contributed by atoms with E-state index in [1.807, 2.05) is 24.3 Å². The number of imidazole rings is 1. The Morgan fingerprint density at radius 3 is 2.89 bits per heavy atom. The standard InChI is InChI=1S/C13H11N3O2/c1-18-11-6-2-5-10-12(11)15-13(17)16(10)9-4-3-7-14-8-9/h2-8H,1H3,(H,15,17). The van der Waals surface area contributed by atoms with Gasteiger partial charge in [-0.25, -0.2) is 4.79 Å². The monoisotopic (exact) mass is 241 g/mol. The van der Waals surface area contributed by atoms with Crippen molar-refractivity contribution in [2.24, 2.45) is 0 Å². The Morgan fingerprint density at radius 2 is 2.17 bits per heavy atom. The average molecular weight is 241 g/mol. The van der Waals surface area contributed by atoms with Crippen LogP contribution in [0.4, 0.5) is 0 Å². The molecule has 0 aliphatic carbocycles. The zero-order valence-electron chi connectivity index (χ0n) is 9.75. The summed E-state index contributed by atoms with van der Waals surface area (Å²) in [5, 5.41) is 0. The van der Waals surface area contributed by atoms with Crippen molar-refractivity contribution in [1.82, 2.24) is 14.5 Å². The smallest absolute Gasteiger partial charge is 0.331 e. The molecule has 0 atom stereocenters. The van der Waals surface area contributed by atoms with Crippen LogP contribution in [-0.4, -0.2) is 21.6 Å². The number of para-hydroxylation sites is 1. The highest BCUT2D eigenvalue weighted by atomic mass is 16.5. The van der Waals surface area contributed by atoms with Gasteiger partial charge in [0.2, 0.25) is 0 Å². The normalized spacial score (nSPS) is 10.7. The molecule has 0 aliphatic heterocycles. The van der Waals surface area contributed by atoms with Crippen molar-refractivity contribution in [3.8, 4) is 11.4 Å². The second-order valence-corrected chi connectivity index (χ2v) is 3.83. The molecule has 0 fully saturated rings. The number of fused-ring (bicyclic) bond motifs is 1. The van der Waals surface area contributed by atoms with Crippen molar-refractivity contribution < 1.29 is 4.74 Å². The van der Waals surface area contributed by atoms with Crippen LogP contribution >= 0.6 is 0 Å². The summed E-state index contributed by atoms with van der Waals surface area (Å²) in [5.41, 5.74) is 1.98. The van der Waals surface area contributed by atoms with Gasteiger partial charge in [-0.3, -0.25) is 9.55 Å². The Hall–Kier alpha value is -2.56. The minimum Gasteiger partial charge on any atom is -0.494 e. The molecular formula is C13H11N3O2. The maximum absolute atomic E-state index is 12.0. The van der Waals surface area contributed by atoms with Crippen molar-refractivity contribution >= 4 is 11.0 Å². The number of rotatable bonds is 2.